The van der Waals surface area contributed by atoms with Crippen molar-refractivity contribution in [2.75, 3.05) is 11.9 Å². The Morgan fingerprint density at radius 1 is 0.829 bits per heavy atom. The third-order valence-electron chi connectivity index (χ3n) is 5.07. The average Bonchev–Trinajstić information content (AvgIpc) is 2.84. The minimum atomic E-state index is -0.667. The molecule has 0 saturated heterocycles. The first kappa shape index (κ1) is 25.6. The zero-order chi connectivity index (χ0) is 25.4. The molecule has 1 N–H and O–H groups in total. The summed E-state index contributed by atoms with van der Waals surface area (Å²) in [4.78, 5) is 48.5. The number of Topliss-reactive ketones (excluding diaryl/α,β-unsaturated/α-hetero) is 1. The van der Waals surface area contributed by atoms with Crippen LogP contribution in [0.25, 0.3) is 0 Å². The molecular weight excluding hydrogens is 470 g/mol. The number of amides is 1. The van der Waals surface area contributed by atoms with Gasteiger partial charge in [0.05, 0.1) is 12.0 Å². The predicted octanol–water partition coefficient (Wildman–Crippen LogP) is 5.32. The second-order valence-electron chi connectivity index (χ2n) is 7.87. The smallest absolute Gasteiger partial charge is 0.343 e. The lowest BCUT2D eigenvalue weighted by molar-refractivity contribution is -0.143. The molecule has 0 unspecified atom stereocenters. The Hall–Kier alpha value is -3.97. The molecule has 0 spiro atoms. The largest absolute Gasteiger partial charge is 0.457 e. The van der Waals surface area contributed by atoms with Gasteiger partial charge in [0.15, 0.2) is 12.4 Å². The topological polar surface area (TPSA) is 98.8 Å². The third kappa shape index (κ3) is 7.79. The Bertz CT molecular complexity index is 1240. The Balaban J connectivity index is 1.42. The van der Waals surface area contributed by atoms with E-state index < -0.39 is 24.3 Å². The van der Waals surface area contributed by atoms with Gasteiger partial charge >= 0.3 is 11.9 Å². The van der Waals surface area contributed by atoms with Gasteiger partial charge in [0.2, 0.25) is 5.91 Å². The monoisotopic (exact) mass is 493 g/mol. The number of rotatable bonds is 9. The van der Waals surface area contributed by atoms with Crippen LogP contribution in [0, 0.1) is 13.8 Å². The molecule has 8 heteroatoms. The normalized spacial score (nSPS) is 10.4. The third-order valence-corrected chi connectivity index (χ3v) is 5.30. The molecular formula is C27H24ClNO6. The summed E-state index contributed by atoms with van der Waals surface area (Å²) >= 11 is 5.93. The van der Waals surface area contributed by atoms with E-state index in [1.54, 1.807) is 30.3 Å². The fourth-order valence-electron chi connectivity index (χ4n) is 3.02. The van der Waals surface area contributed by atoms with Crippen LogP contribution in [0.15, 0.2) is 66.7 Å². The quantitative estimate of drug-likeness (QED) is 0.246. The molecule has 0 aliphatic rings. The van der Waals surface area contributed by atoms with Gasteiger partial charge in [-0.3, -0.25) is 14.4 Å². The summed E-state index contributed by atoms with van der Waals surface area (Å²) in [5.41, 5.74) is 3.15. The number of hydrogen-bond donors (Lipinski definition) is 1. The molecule has 180 valence electrons. The Morgan fingerprint density at radius 3 is 2.17 bits per heavy atom. The van der Waals surface area contributed by atoms with Crippen molar-refractivity contribution >= 4 is 40.9 Å². The highest BCUT2D eigenvalue weighted by Crippen LogP contribution is 2.20. The number of benzene rings is 3. The van der Waals surface area contributed by atoms with E-state index in [1.165, 1.54) is 24.3 Å². The molecule has 3 rings (SSSR count). The molecule has 0 radical (unpaired) electrons. The van der Waals surface area contributed by atoms with Crippen molar-refractivity contribution in [1.82, 2.24) is 0 Å². The Kier molecular flexibility index (Phi) is 8.75. The number of nitrogens with one attached hydrogen (secondary N) is 1. The molecule has 0 saturated carbocycles. The molecule has 0 atom stereocenters. The second-order valence-corrected chi connectivity index (χ2v) is 8.31. The van der Waals surface area contributed by atoms with Crippen molar-refractivity contribution in [2.24, 2.45) is 0 Å². The van der Waals surface area contributed by atoms with Crippen molar-refractivity contribution in [3.05, 3.63) is 94.0 Å². The molecule has 3 aromatic rings. The van der Waals surface area contributed by atoms with E-state index in [9.17, 15) is 19.2 Å². The van der Waals surface area contributed by atoms with Crippen molar-refractivity contribution in [3.8, 4) is 5.75 Å². The van der Waals surface area contributed by atoms with Crippen LogP contribution in [0.3, 0.4) is 0 Å². The first-order valence-corrected chi connectivity index (χ1v) is 11.2. The van der Waals surface area contributed by atoms with Crippen molar-refractivity contribution in [2.45, 2.75) is 26.7 Å². The van der Waals surface area contributed by atoms with E-state index in [0.29, 0.717) is 21.8 Å². The lowest BCUT2D eigenvalue weighted by Crippen LogP contribution is -2.17. The van der Waals surface area contributed by atoms with Gasteiger partial charge in [0.25, 0.3) is 0 Å². The summed E-state index contributed by atoms with van der Waals surface area (Å²) in [5, 5.41) is 3.18. The standard InChI is InChI=1S/C27H24ClNO6/c1-17-3-6-20(7-4-17)27(33)35-22-11-8-19(9-12-22)24(30)16-34-26(32)14-13-25(31)29-23-15-21(28)10-5-18(23)2/h3-12,15H,13-14,16H2,1-2H3,(H,29,31). The SMILES string of the molecule is Cc1ccc(C(=O)Oc2ccc(C(=O)COC(=O)CCC(=O)Nc3cc(Cl)ccc3C)cc2)cc1. The van der Waals surface area contributed by atoms with E-state index >= 15 is 0 Å². The lowest BCUT2D eigenvalue weighted by Gasteiger charge is -2.09. The minimum absolute atomic E-state index is 0.0972. The van der Waals surface area contributed by atoms with Gasteiger partial charge in [-0.25, -0.2) is 4.79 Å². The number of anilines is 1. The summed E-state index contributed by atoms with van der Waals surface area (Å²) < 4.78 is 10.3. The minimum Gasteiger partial charge on any atom is -0.457 e. The number of ketones is 1. The van der Waals surface area contributed by atoms with Crippen molar-refractivity contribution < 1.29 is 28.7 Å². The first-order valence-electron chi connectivity index (χ1n) is 10.8. The number of halogens is 1. The molecule has 0 fully saturated rings. The van der Waals surface area contributed by atoms with Gasteiger partial charge in [-0.1, -0.05) is 35.4 Å². The van der Waals surface area contributed by atoms with E-state index in [-0.39, 0.29) is 24.5 Å². The molecule has 35 heavy (non-hydrogen) atoms. The van der Waals surface area contributed by atoms with E-state index in [2.05, 4.69) is 5.32 Å². The molecule has 0 bridgehead atoms. The highest BCUT2D eigenvalue weighted by Gasteiger charge is 2.14. The van der Waals surface area contributed by atoms with Crippen LogP contribution in [0.5, 0.6) is 5.75 Å². The number of carbonyl (C=O) groups excluding carboxylic acids is 4. The Morgan fingerprint density at radius 2 is 1.49 bits per heavy atom. The maximum atomic E-state index is 12.3. The van der Waals surface area contributed by atoms with Crippen molar-refractivity contribution in [1.29, 1.82) is 0 Å². The highest BCUT2D eigenvalue weighted by atomic mass is 35.5. The number of esters is 2. The van der Waals surface area contributed by atoms with Gasteiger partial charge in [0.1, 0.15) is 5.75 Å². The van der Waals surface area contributed by atoms with Crippen LogP contribution in [0.4, 0.5) is 5.69 Å². The maximum Gasteiger partial charge on any atom is 0.343 e. The number of carbonyl (C=O) groups is 4. The molecule has 3 aromatic carbocycles. The van der Waals surface area contributed by atoms with Crippen LogP contribution in [0.1, 0.15) is 44.7 Å². The number of hydrogen-bond acceptors (Lipinski definition) is 6. The molecule has 0 aromatic heterocycles. The van der Waals surface area contributed by atoms with Crippen LogP contribution >= 0.6 is 11.6 Å². The summed E-state index contributed by atoms with van der Waals surface area (Å²) in [6, 6.07) is 18.0. The molecule has 7 nitrogen and oxygen atoms in total. The summed E-state index contributed by atoms with van der Waals surface area (Å²) in [6.45, 7) is 3.28. The summed E-state index contributed by atoms with van der Waals surface area (Å²) in [5.74, 6) is -1.68. The van der Waals surface area contributed by atoms with Gasteiger partial charge in [0, 0.05) is 22.7 Å². The van der Waals surface area contributed by atoms with Crippen molar-refractivity contribution in [3.63, 3.8) is 0 Å². The van der Waals surface area contributed by atoms with E-state index in [4.69, 9.17) is 21.1 Å². The fraction of sp³-hybridized carbons (Fsp3) is 0.185. The summed E-state index contributed by atoms with van der Waals surface area (Å²) in [6.07, 6.45) is -0.271. The average molecular weight is 494 g/mol. The van der Waals surface area contributed by atoms with Gasteiger partial charge in [-0.15, -0.1) is 0 Å². The van der Waals surface area contributed by atoms with Gasteiger partial charge < -0.3 is 14.8 Å². The van der Waals surface area contributed by atoms with E-state index in [0.717, 1.165) is 11.1 Å². The van der Waals surface area contributed by atoms with Gasteiger partial charge in [-0.2, -0.15) is 0 Å². The number of aryl methyl sites for hydroxylation is 2. The Labute approximate surface area is 208 Å². The molecule has 0 aliphatic carbocycles. The van der Waals surface area contributed by atoms with Gasteiger partial charge in [-0.05, 0) is 67.9 Å². The van der Waals surface area contributed by atoms with Crippen LogP contribution in [-0.2, 0) is 14.3 Å². The highest BCUT2D eigenvalue weighted by molar-refractivity contribution is 6.31. The second kappa shape index (κ2) is 11.9. The fourth-order valence-corrected chi connectivity index (χ4v) is 3.20. The zero-order valence-electron chi connectivity index (χ0n) is 19.3. The molecule has 1 amide bonds. The predicted molar refractivity (Wildman–Crippen MR) is 132 cm³/mol. The van der Waals surface area contributed by atoms with Crippen LogP contribution in [0.2, 0.25) is 5.02 Å². The lowest BCUT2D eigenvalue weighted by atomic mass is 10.1. The van der Waals surface area contributed by atoms with Crippen LogP contribution in [-0.4, -0.2) is 30.2 Å². The summed E-state index contributed by atoms with van der Waals surface area (Å²) in [7, 11) is 0. The molecule has 0 heterocycles. The number of ether oxygens (including phenoxy) is 2. The zero-order valence-corrected chi connectivity index (χ0v) is 20.1. The maximum absolute atomic E-state index is 12.3. The van der Waals surface area contributed by atoms with Crippen LogP contribution < -0.4 is 10.1 Å². The van der Waals surface area contributed by atoms with E-state index in [1.807, 2.05) is 26.0 Å². The first-order chi connectivity index (χ1) is 16.7. The molecule has 0 aliphatic heterocycles.